The monoisotopic (exact) mass is 802 g/mol. The van der Waals surface area contributed by atoms with Gasteiger partial charge in [0, 0.05) is 37.3 Å². The van der Waals surface area contributed by atoms with Gasteiger partial charge in [0.15, 0.2) is 12.6 Å². The smallest absolute Gasteiger partial charge is 0.176 e. The zero-order chi connectivity index (χ0) is 40.4. The summed E-state index contributed by atoms with van der Waals surface area (Å²) in [6, 6.07) is -4.86. The molecule has 55 heavy (non-hydrogen) atoms. The Kier molecular flexibility index (Phi) is 19.1. The summed E-state index contributed by atoms with van der Waals surface area (Å²) in [5, 5.41) is 62.6. The second kappa shape index (κ2) is 22.5. The van der Waals surface area contributed by atoms with Gasteiger partial charge in [0.1, 0.15) is 61.0 Å². The third kappa shape index (κ3) is 12.1. The van der Waals surface area contributed by atoms with E-state index in [0.717, 1.165) is 0 Å². The first-order valence-corrected chi connectivity index (χ1v) is 18.8. The van der Waals surface area contributed by atoms with Gasteiger partial charge in [0.2, 0.25) is 0 Å². The molecule has 20 atom stereocenters. The number of rotatable bonds is 20. The fourth-order valence-corrected chi connectivity index (χ4v) is 7.16. The van der Waals surface area contributed by atoms with Crippen LogP contribution < -0.4 is 45.9 Å². The quantitative estimate of drug-likeness (QED) is 0.0508. The first-order valence-electron chi connectivity index (χ1n) is 18.8. The van der Waals surface area contributed by atoms with E-state index in [2.05, 4.69) is 0 Å². The van der Waals surface area contributed by atoms with Crippen molar-refractivity contribution in [3.8, 4) is 0 Å². The van der Waals surface area contributed by atoms with Crippen LogP contribution in [-0.2, 0) is 42.6 Å². The van der Waals surface area contributed by atoms with Crippen LogP contribution in [0.5, 0.6) is 0 Å². The lowest BCUT2D eigenvalue weighted by Crippen LogP contribution is -2.67. The number of ether oxygens (including phenoxy) is 9. The highest BCUT2D eigenvalue weighted by molar-refractivity contribution is 5.02. The molecule has 324 valence electrons. The van der Waals surface area contributed by atoms with E-state index in [1.54, 1.807) is 0 Å². The van der Waals surface area contributed by atoms with Gasteiger partial charge in [-0.05, 0) is 12.8 Å². The van der Waals surface area contributed by atoms with Gasteiger partial charge >= 0.3 is 0 Å². The maximum atomic E-state index is 10.8. The Labute approximate surface area is 320 Å². The molecule has 23 nitrogen and oxygen atoms in total. The van der Waals surface area contributed by atoms with Gasteiger partial charge in [0.05, 0.1) is 77.1 Å². The van der Waals surface area contributed by atoms with Crippen LogP contribution in [0.2, 0.25) is 0 Å². The SMILES string of the molecule is NC[C@H]1O[C@H](O[C@@H]2[C@@H](OCCOCCOCCOCCO[C@@H]3[C@@H](O)[C@H](N)C[C@H](N)[C@H]3O[C@H]3O[C@H](CN)[C@@H](O)[C@H](O)[C@H]3N)[C@H](O)[C@@H](N)C[C@H]2N)[C@H](N)[C@@H](O)[C@@H]1O. The molecule has 0 unspecified atom stereocenters. The van der Waals surface area contributed by atoms with Crippen molar-refractivity contribution in [3.63, 3.8) is 0 Å². The van der Waals surface area contributed by atoms with Crippen LogP contribution in [-0.4, -0.2) is 219 Å². The van der Waals surface area contributed by atoms with E-state index in [1.165, 1.54) is 0 Å². The van der Waals surface area contributed by atoms with Gasteiger partial charge < -0.3 is 119 Å². The molecular weight excluding hydrogens is 736 g/mol. The predicted octanol–water partition coefficient (Wildman–Crippen LogP) is -9.12. The van der Waals surface area contributed by atoms with Crippen molar-refractivity contribution in [2.24, 2.45) is 45.9 Å². The van der Waals surface area contributed by atoms with E-state index in [-0.39, 0.29) is 78.8 Å². The summed E-state index contributed by atoms with van der Waals surface area (Å²) in [6.45, 7) is 1.24. The predicted molar refractivity (Wildman–Crippen MR) is 190 cm³/mol. The standard InChI is InChI=1S/C32H66N8O15/c33-11-17-23(43)25(45)19(39)31(52-17)54-27-15(37)9-13(35)21(41)29(27)50-7-5-48-3-1-47-2-4-49-6-8-51-30-22(42)14(36)10-16(38)28(30)55-32-20(40)26(46)24(44)18(12-34)53-32/h13-32,41-46H,1-12,33-40H2/t13-,14+,15+,16-,17-,18-,19-,20-,21+,22-,23-,24-,25-,26-,27-,28+,29-,30+,31-,32-/m1/s1. The topological polar surface area (TPSA) is 413 Å². The number of aliphatic hydroxyl groups is 6. The Morgan fingerprint density at radius 3 is 1.07 bits per heavy atom. The molecule has 2 aliphatic heterocycles. The molecule has 2 saturated heterocycles. The van der Waals surface area contributed by atoms with Crippen molar-refractivity contribution >= 4 is 0 Å². The molecular formula is C32H66N8O15. The minimum atomic E-state index is -1.35. The molecule has 22 N–H and O–H groups in total. The fourth-order valence-electron chi connectivity index (χ4n) is 7.16. The summed E-state index contributed by atoms with van der Waals surface area (Å²) in [7, 11) is 0. The number of hydrogen-bond acceptors (Lipinski definition) is 23. The molecule has 0 radical (unpaired) electrons. The highest BCUT2D eigenvalue weighted by Gasteiger charge is 2.50. The molecule has 4 fully saturated rings. The minimum absolute atomic E-state index is 0.0612. The number of nitrogens with two attached hydrogens (primary N) is 8. The zero-order valence-electron chi connectivity index (χ0n) is 31.0. The molecule has 4 aliphatic rings. The molecule has 0 bridgehead atoms. The van der Waals surface area contributed by atoms with Gasteiger partial charge in [-0.3, -0.25) is 0 Å². The van der Waals surface area contributed by atoms with Crippen molar-refractivity contribution in [2.75, 3.05) is 65.9 Å². The lowest BCUT2D eigenvalue weighted by atomic mass is 9.84. The molecule has 23 heteroatoms. The van der Waals surface area contributed by atoms with Crippen LogP contribution in [0.4, 0.5) is 0 Å². The fraction of sp³-hybridized carbons (Fsp3) is 1.00. The van der Waals surface area contributed by atoms with Crippen LogP contribution in [0.25, 0.3) is 0 Å². The molecule has 0 spiro atoms. The maximum Gasteiger partial charge on any atom is 0.176 e. The zero-order valence-corrected chi connectivity index (χ0v) is 31.0. The van der Waals surface area contributed by atoms with Crippen molar-refractivity contribution in [2.45, 2.75) is 135 Å². The second-order valence-electron chi connectivity index (χ2n) is 14.5. The molecule has 2 aliphatic carbocycles. The Morgan fingerprint density at radius 2 is 0.745 bits per heavy atom. The lowest BCUT2D eigenvalue weighted by molar-refractivity contribution is -0.291. The van der Waals surface area contributed by atoms with Gasteiger partial charge in [-0.15, -0.1) is 0 Å². The van der Waals surface area contributed by atoms with E-state index in [0.29, 0.717) is 0 Å². The summed E-state index contributed by atoms with van der Waals surface area (Å²) in [4.78, 5) is 0. The average molecular weight is 803 g/mol. The molecule has 0 aromatic heterocycles. The summed E-state index contributed by atoms with van der Waals surface area (Å²) >= 11 is 0. The average Bonchev–Trinajstić information content (AvgIpc) is 3.16. The lowest BCUT2D eigenvalue weighted by Gasteiger charge is -2.46. The Bertz CT molecular complexity index is 1020. The van der Waals surface area contributed by atoms with Crippen LogP contribution in [0.1, 0.15) is 12.8 Å². The van der Waals surface area contributed by atoms with Gasteiger partial charge in [0.25, 0.3) is 0 Å². The molecule has 2 heterocycles. The minimum Gasteiger partial charge on any atom is -0.389 e. The number of aliphatic hydroxyl groups excluding tert-OH is 6. The van der Waals surface area contributed by atoms with Gasteiger partial charge in [-0.25, -0.2) is 0 Å². The van der Waals surface area contributed by atoms with E-state index < -0.39 is 122 Å². The summed E-state index contributed by atoms with van der Waals surface area (Å²) < 4.78 is 51.9. The Balaban J connectivity index is 1.10. The van der Waals surface area contributed by atoms with Crippen LogP contribution in [0.3, 0.4) is 0 Å². The van der Waals surface area contributed by atoms with Crippen LogP contribution in [0.15, 0.2) is 0 Å². The van der Waals surface area contributed by atoms with Crippen LogP contribution >= 0.6 is 0 Å². The van der Waals surface area contributed by atoms with Crippen molar-refractivity contribution in [1.82, 2.24) is 0 Å². The first kappa shape index (κ1) is 46.8. The van der Waals surface area contributed by atoms with Gasteiger partial charge in [-0.2, -0.15) is 0 Å². The Hall–Kier alpha value is -0.920. The molecule has 0 aromatic rings. The third-order valence-electron chi connectivity index (χ3n) is 10.5. The summed E-state index contributed by atoms with van der Waals surface area (Å²) in [5.74, 6) is 0. The van der Waals surface area contributed by atoms with Crippen molar-refractivity contribution in [3.05, 3.63) is 0 Å². The third-order valence-corrected chi connectivity index (χ3v) is 10.5. The van der Waals surface area contributed by atoms with Crippen molar-refractivity contribution in [1.29, 1.82) is 0 Å². The largest absolute Gasteiger partial charge is 0.389 e. The van der Waals surface area contributed by atoms with E-state index >= 15 is 0 Å². The Morgan fingerprint density at radius 1 is 0.418 bits per heavy atom. The van der Waals surface area contributed by atoms with Gasteiger partial charge in [-0.1, -0.05) is 0 Å². The molecule has 0 aromatic carbocycles. The first-order chi connectivity index (χ1) is 26.2. The summed E-state index contributed by atoms with van der Waals surface area (Å²) in [6.07, 6.45) is -15.0. The van der Waals surface area contributed by atoms with Crippen LogP contribution in [0, 0.1) is 0 Å². The van der Waals surface area contributed by atoms with E-state index in [9.17, 15) is 30.6 Å². The molecule has 0 amide bonds. The second-order valence-corrected chi connectivity index (χ2v) is 14.5. The highest BCUT2D eigenvalue weighted by atomic mass is 16.7. The highest BCUT2D eigenvalue weighted by Crippen LogP contribution is 2.30. The summed E-state index contributed by atoms with van der Waals surface area (Å²) in [5.41, 5.74) is 48.2. The molecule has 4 rings (SSSR count). The van der Waals surface area contributed by atoms with E-state index in [1.807, 2.05) is 0 Å². The number of hydrogen-bond donors (Lipinski definition) is 14. The molecule has 2 saturated carbocycles. The van der Waals surface area contributed by atoms with E-state index in [4.69, 9.17) is 88.5 Å². The normalized spacial score (nSPS) is 45.5. The van der Waals surface area contributed by atoms with Crippen molar-refractivity contribution < 1.29 is 73.3 Å². The maximum absolute atomic E-state index is 10.8.